The van der Waals surface area contributed by atoms with Crippen LogP contribution in [0.2, 0.25) is 0 Å². The predicted molar refractivity (Wildman–Crippen MR) is 105 cm³/mol. The molecule has 0 aliphatic carbocycles. The lowest BCUT2D eigenvalue weighted by Gasteiger charge is -2.27. The summed E-state index contributed by atoms with van der Waals surface area (Å²) in [6.45, 7) is 1.77. The molecule has 1 unspecified atom stereocenters. The van der Waals surface area contributed by atoms with Gasteiger partial charge in [0, 0.05) is 6.54 Å². The maximum atomic E-state index is 13.0. The van der Waals surface area contributed by atoms with Crippen LogP contribution >= 0.6 is 11.3 Å². The second-order valence-electron chi connectivity index (χ2n) is 6.96. The summed E-state index contributed by atoms with van der Waals surface area (Å²) in [5.41, 5.74) is 1.55. The third-order valence-corrected chi connectivity index (χ3v) is 6.16. The Kier molecular flexibility index (Phi) is 4.27. The van der Waals surface area contributed by atoms with Crippen LogP contribution in [0.5, 0.6) is 11.5 Å². The van der Waals surface area contributed by atoms with Crippen LogP contribution in [0.3, 0.4) is 0 Å². The van der Waals surface area contributed by atoms with Crippen molar-refractivity contribution in [3.05, 3.63) is 51.9 Å². The van der Waals surface area contributed by atoms with Gasteiger partial charge in [0.1, 0.15) is 24.5 Å². The van der Waals surface area contributed by atoms with E-state index in [4.69, 9.17) is 9.47 Å². The summed E-state index contributed by atoms with van der Waals surface area (Å²) in [6.07, 6.45) is 3.29. The quantitative estimate of drug-likeness (QED) is 0.679. The number of amides is 1. The summed E-state index contributed by atoms with van der Waals surface area (Å²) in [5.74, 6) is 1.40. The molecular weight excluding hydrogens is 378 g/mol. The summed E-state index contributed by atoms with van der Waals surface area (Å²) in [6, 6.07) is 7.67. The van der Waals surface area contributed by atoms with E-state index in [1.807, 2.05) is 34.5 Å². The molecule has 7 nitrogen and oxygen atoms in total. The van der Waals surface area contributed by atoms with Crippen molar-refractivity contribution in [1.29, 1.82) is 0 Å². The lowest BCUT2D eigenvalue weighted by atomic mass is 10.0. The first-order chi connectivity index (χ1) is 13.7. The molecule has 3 aromatic rings. The normalized spacial score (nSPS) is 18.6. The topological polar surface area (TPSA) is 73.7 Å². The Morgan fingerprint density at radius 1 is 1.21 bits per heavy atom. The highest BCUT2D eigenvalue weighted by atomic mass is 32.1. The van der Waals surface area contributed by atoms with Gasteiger partial charge in [0.25, 0.3) is 5.56 Å². The van der Waals surface area contributed by atoms with Gasteiger partial charge in [-0.25, -0.2) is 4.98 Å². The molecule has 1 amide bonds. The zero-order valence-electron chi connectivity index (χ0n) is 15.2. The number of benzene rings is 1. The maximum absolute atomic E-state index is 13.0. The molecule has 8 heteroatoms. The average molecular weight is 397 g/mol. The van der Waals surface area contributed by atoms with E-state index in [9.17, 15) is 9.59 Å². The first-order valence-electron chi connectivity index (χ1n) is 9.32. The third kappa shape index (κ3) is 2.93. The predicted octanol–water partition coefficient (Wildman–Crippen LogP) is 2.59. The van der Waals surface area contributed by atoms with Crippen molar-refractivity contribution >= 4 is 27.5 Å². The van der Waals surface area contributed by atoms with Crippen molar-refractivity contribution in [3.63, 3.8) is 0 Å². The average Bonchev–Trinajstić information content (AvgIpc) is 3.39. The van der Waals surface area contributed by atoms with Crippen LogP contribution < -0.4 is 15.0 Å². The van der Waals surface area contributed by atoms with Gasteiger partial charge < -0.3 is 14.4 Å². The number of thiophene rings is 1. The molecule has 1 fully saturated rings. The van der Waals surface area contributed by atoms with Crippen molar-refractivity contribution in [2.24, 2.45) is 0 Å². The molecule has 2 aromatic heterocycles. The Morgan fingerprint density at radius 2 is 2.07 bits per heavy atom. The number of aromatic nitrogens is 2. The molecular formula is C20H19N3O4S. The molecule has 144 valence electrons. The van der Waals surface area contributed by atoms with Gasteiger partial charge in [-0.05, 0) is 42.0 Å². The number of hydrogen-bond donors (Lipinski definition) is 0. The van der Waals surface area contributed by atoms with Crippen molar-refractivity contribution in [2.75, 3.05) is 19.8 Å². The highest BCUT2D eigenvalue weighted by Crippen LogP contribution is 2.38. The molecule has 0 saturated carbocycles. The van der Waals surface area contributed by atoms with Gasteiger partial charge in [0.2, 0.25) is 5.91 Å². The van der Waals surface area contributed by atoms with Crippen LogP contribution in [0.1, 0.15) is 24.4 Å². The first-order valence-corrected chi connectivity index (χ1v) is 10.2. The number of likely N-dealkylation sites (tertiary alicyclic amines) is 1. The fourth-order valence-corrected chi connectivity index (χ4v) is 4.70. The van der Waals surface area contributed by atoms with Gasteiger partial charge >= 0.3 is 0 Å². The minimum atomic E-state index is -0.163. The Labute approximate surface area is 165 Å². The van der Waals surface area contributed by atoms with Crippen LogP contribution in [0, 0.1) is 0 Å². The number of carbonyl (C=O) groups is 1. The lowest BCUT2D eigenvalue weighted by Crippen LogP contribution is -2.36. The maximum Gasteiger partial charge on any atom is 0.271 e. The molecule has 28 heavy (non-hydrogen) atoms. The van der Waals surface area contributed by atoms with Crippen molar-refractivity contribution in [2.45, 2.75) is 25.4 Å². The number of carbonyl (C=O) groups excluding carboxylic acids is 1. The van der Waals surface area contributed by atoms with Crippen LogP contribution in [-0.4, -0.2) is 40.1 Å². The Balaban J connectivity index is 1.39. The van der Waals surface area contributed by atoms with E-state index < -0.39 is 0 Å². The number of ether oxygens (including phenoxy) is 2. The van der Waals surface area contributed by atoms with Crippen molar-refractivity contribution < 1.29 is 14.3 Å². The van der Waals surface area contributed by atoms with Gasteiger partial charge in [-0.1, -0.05) is 6.07 Å². The highest BCUT2D eigenvalue weighted by molar-refractivity contribution is 7.17. The second-order valence-corrected chi connectivity index (χ2v) is 7.88. The summed E-state index contributed by atoms with van der Waals surface area (Å²) in [4.78, 5) is 31.7. The monoisotopic (exact) mass is 397 g/mol. The second kappa shape index (κ2) is 6.94. The molecule has 2 aliphatic heterocycles. The smallest absolute Gasteiger partial charge is 0.271 e. The number of rotatable bonds is 3. The fraction of sp³-hybridized carbons (Fsp3) is 0.350. The first kappa shape index (κ1) is 17.2. The van der Waals surface area contributed by atoms with Gasteiger partial charge in [-0.3, -0.25) is 14.2 Å². The summed E-state index contributed by atoms with van der Waals surface area (Å²) in [7, 11) is 0. The number of hydrogen-bond acceptors (Lipinski definition) is 6. The van der Waals surface area contributed by atoms with Crippen LogP contribution in [0.4, 0.5) is 0 Å². The van der Waals surface area contributed by atoms with Crippen LogP contribution in [-0.2, 0) is 11.3 Å². The van der Waals surface area contributed by atoms with E-state index in [1.54, 1.807) is 0 Å². The highest BCUT2D eigenvalue weighted by Gasteiger charge is 2.31. The summed E-state index contributed by atoms with van der Waals surface area (Å²) < 4.78 is 13.3. The van der Waals surface area contributed by atoms with E-state index in [-0.39, 0.29) is 24.1 Å². The summed E-state index contributed by atoms with van der Waals surface area (Å²) >= 11 is 1.35. The van der Waals surface area contributed by atoms with E-state index in [2.05, 4.69) is 4.98 Å². The lowest BCUT2D eigenvalue weighted by molar-refractivity contribution is -0.132. The minimum absolute atomic E-state index is 0.000719. The molecule has 0 N–H and O–H groups in total. The van der Waals surface area contributed by atoms with Gasteiger partial charge in [0.15, 0.2) is 11.5 Å². The van der Waals surface area contributed by atoms with Gasteiger partial charge in [0.05, 0.1) is 17.9 Å². The van der Waals surface area contributed by atoms with Crippen LogP contribution in [0.25, 0.3) is 10.2 Å². The molecule has 0 spiro atoms. The number of fused-ring (bicyclic) bond motifs is 2. The molecule has 0 radical (unpaired) electrons. The minimum Gasteiger partial charge on any atom is -0.486 e. The Morgan fingerprint density at radius 3 is 2.96 bits per heavy atom. The molecule has 2 aliphatic rings. The largest absolute Gasteiger partial charge is 0.486 e. The Bertz CT molecular complexity index is 1110. The van der Waals surface area contributed by atoms with Crippen molar-refractivity contribution in [1.82, 2.24) is 14.5 Å². The van der Waals surface area contributed by atoms with E-state index >= 15 is 0 Å². The van der Waals surface area contributed by atoms with Crippen molar-refractivity contribution in [3.8, 4) is 11.5 Å². The third-order valence-electron chi connectivity index (χ3n) is 5.27. The van der Waals surface area contributed by atoms with E-state index in [0.29, 0.717) is 30.0 Å². The SMILES string of the molecule is O=C(Cn1cnc2ccsc2c1=O)N1CCCC1c1ccc2c(c1)OCCO2. The van der Waals surface area contributed by atoms with E-state index in [0.717, 1.165) is 29.9 Å². The number of nitrogens with zero attached hydrogens (tertiary/aromatic N) is 3. The fourth-order valence-electron chi connectivity index (χ4n) is 3.91. The van der Waals surface area contributed by atoms with Crippen LogP contribution in [0.15, 0.2) is 40.8 Å². The van der Waals surface area contributed by atoms with E-state index in [1.165, 1.54) is 22.2 Å². The standard InChI is InChI=1S/C20H19N3O4S/c24-18(11-22-12-21-14-5-9-28-19(14)20(22)25)23-6-1-2-15(23)13-3-4-16-17(10-13)27-8-7-26-16/h3-5,9-10,12,15H,1-2,6-8,11H2. The molecule has 1 atom stereocenters. The Hall–Kier alpha value is -2.87. The zero-order chi connectivity index (χ0) is 19.1. The van der Waals surface area contributed by atoms with Gasteiger partial charge in [-0.15, -0.1) is 11.3 Å². The summed E-state index contributed by atoms with van der Waals surface area (Å²) in [5, 5.41) is 1.84. The zero-order valence-corrected chi connectivity index (χ0v) is 16.0. The molecule has 5 rings (SSSR count). The molecule has 1 aromatic carbocycles. The molecule has 0 bridgehead atoms. The molecule has 4 heterocycles. The van der Waals surface area contributed by atoms with Gasteiger partial charge in [-0.2, -0.15) is 0 Å². The molecule has 1 saturated heterocycles.